The molecule has 40 heavy (non-hydrogen) atoms. The molecule has 2 amide bonds. The molecule has 1 fully saturated rings. The van der Waals surface area contributed by atoms with Crippen LogP contribution in [-0.2, 0) is 25.7 Å². The van der Waals surface area contributed by atoms with E-state index in [9.17, 15) is 14.7 Å². The topological polar surface area (TPSA) is 96.9 Å². The van der Waals surface area contributed by atoms with Crippen molar-refractivity contribution in [2.45, 2.75) is 69.0 Å². The average Bonchev–Trinajstić information content (AvgIpc) is 2.98. The van der Waals surface area contributed by atoms with Gasteiger partial charge in [0, 0.05) is 48.2 Å². The van der Waals surface area contributed by atoms with Crippen LogP contribution in [-0.4, -0.2) is 35.3 Å². The molecule has 0 aromatic heterocycles. The van der Waals surface area contributed by atoms with Crippen LogP contribution >= 0.6 is 11.8 Å². The van der Waals surface area contributed by atoms with Crippen molar-refractivity contribution in [3.8, 4) is 0 Å². The maximum absolute atomic E-state index is 12.5. The Morgan fingerprint density at radius 1 is 0.925 bits per heavy atom. The fourth-order valence-corrected chi connectivity index (χ4v) is 5.51. The summed E-state index contributed by atoms with van der Waals surface area (Å²) >= 11 is 1.76. The number of ether oxygens (including phenoxy) is 2. The Kier molecular flexibility index (Phi) is 11.6. The van der Waals surface area contributed by atoms with Gasteiger partial charge >= 0.3 is 0 Å². The fraction of sp³-hybridized carbons (Fsp3) is 0.375. The van der Waals surface area contributed by atoms with E-state index in [0.29, 0.717) is 25.1 Å². The third kappa shape index (κ3) is 9.48. The zero-order valence-corrected chi connectivity index (χ0v) is 23.7. The number of carbonyl (C=O) groups excluding carboxylic acids is 2. The number of carbonyl (C=O) groups is 2. The number of hydrogen-bond donors (Lipinski definition) is 3. The van der Waals surface area contributed by atoms with E-state index in [1.807, 2.05) is 66.7 Å². The third-order valence-corrected chi connectivity index (χ3v) is 7.84. The van der Waals surface area contributed by atoms with Crippen LogP contribution in [0, 0.1) is 0 Å². The Bertz CT molecular complexity index is 1220. The number of amides is 2. The van der Waals surface area contributed by atoms with Gasteiger partial charge in [-0.25, -0.2) is 0 Å². The van der Waals surface area contributed by atoms with Crippen LogP contribution in [0.5, 0.6) is 0 Å². The van der Waals surface area contributed by atoms with Gasteiger partial charge in [-0.3, -0.25) is 9.59 Å². The molecule has 8 heteroatoms. The lowest BCUT2D eigenvalue weighted by Gasteiger charge is -2.36. The first-order valence-electron chi connectivity index (χ1n) is 13.8. The Morgan fingerprint density at radius 2 is 1.73 bits per heavy atom. The standard InChI is InChI=1S/C32H38N2O5S/c1-23(36)33-18-7-3-6-13-31(37)34-27-10-8-9-26(19-27)32-38-28(22-40-29-11-4-2-5-12-29)20-30(39-32)25-16-14-24(21-35)15-17-25/h2,4-5,8-12,14-17,19,28,30,32,35H,3,6-7,13,18,20-22H2,1H3,(H,33,36)(H,34,37)/t28-,30+,32+/m0/s1. The molecule has 3 N–H and O–H groups in total. The molecule has 4 rings (SSSR count). The van der Waals surface area contributed by atoms with E-state index >= 15 is 0 Å². The molecular formula is C32H38N2O5S. The fourth-order valence-electron chi connectivity index (χ4n) is 4.57. The first kappa shape index (κ1) is 29.8. The lowest BCUT2D eigenvalue weighted by molar-refractivity contribution is -0.245. The Balaban J connectivity index is 1.39. The number of anilines is 1. The van der Waals surface area contributed by atoms with Gasteiger partial charge in [0.15, 0.2) is 6.29 Å². The number of nitrogens with one attached hydrogen (secondary N) is 2. The van der Waals surface area contributed by atoms with Crippen LogP contribution in [0.3, 0.4) is 0 Å². The SMILES string of the molecule is CC(=O)NCCCCCC(=O)Nc1cccc([C@@H]2O[C@H](CSc3ccccc3)C[C@H](c3ccc(CO)cc3)O2)c1. The number of rotatable bonds is 13. The maximum atomic E-state index is 12.5. The molecule has 0 saturated carbocycles. The Hall–Kier alpha value is -3.17. The van der Waals surface area contributed by atoms with Crippen molar-refractivity contribution in [2.75, 3.05) is 17.6 Å². The molecule has 3 aromatic rings. The summed E-state index contributed by atoms with van der Waals surface area (Å²) in [6.45, 7) is 2.14. The minimum absolute atomic E-state index is 0.00344. The van der Waals surface area contributed by atoms with E-state index < -0.39 is 6.29 Å². The van der Waals surface area contributed by atoms with Gasteiger partial charge in [-0.2, -0.15) is 0 Å². The van der Waals surface area contributed by atoms with Gasteiger partial charge < -0.3 is 25.2 Å². The second-order valence-electron chi connectivity index (χ2n) is 9.94. The number of unbranched alkanes of at least 4 members (excludes halogenated alkanes) is 2. The van der Waals surface area contributed by atoms with E-state index in [0.717, 1.165) is 41.7 Å². The van der Waals surface area contributed by atoms with E-state index in [1.165, 1.54) is 11.8 Å². The molecule has 3 aromatic carbocycles. The van der Waals surface area contributed by atoms with Crippen LogP contribution in [0.25, 0.3) is 0 Å². The molecule has 0 unspecified atom stereocenters. The summed E-state index contributed by atoms with van der Waals surface area (Å²) in [5.41, 5.74) is 3.46. The molecule has 1 aliphatic heterocycles. The van der Waals surface area contributed by atoms with Gasteiger partial charge in [0.25, 0.3) is 0 Å². The van der Waals surface area contributed by atoms with Crippen molar-refractivity contribution in [1.82, 2.24) is 5.32 Å². The van der Waals surface area contributed by atoms with Gasteiger partial charge in [0.2, 0.25) is 11.8 Å². The van der Waals surface area contributed by atoms with Gasteiger partial charge in [0.1, 0.15) is 0 Å². The highest BCUT2D eigenvalue weighted by molar-refractivity contribution is 7.99. The lowest BCUT2D eigenvalue weighted by Crippen LogP contribution is -2.31. The molecule has 3 atom stereocenters. The molecule has 0 radical (unpaired) electrons. The summed E-state index contributed by atoms with van der Waals surface area (Å²) in [5.74, 6) is 0.713. The molecule has 1 heterocycles. The predicted molar refractivity (Wildman–Crippen MR) is 158 cm³/mol. The van der Waals surface area contributed by atoms with Crippen molar-refractivity contribution in [3.63, 3.8) is 0 Å². The largest absolute Gasteiger partial charge is 0.392 e. The minimum atomic E-state index is -0.580. The highest BCUT2D eigenvalue weighted by Crippen LogP contribution is 2.39. The lowest BCUT2D eigenvalue weighted by atomic mass is 10.0. The van der Waals surface area contributed by atoms with Gasteiger partial charge in [-0.1, -0.05) is 61.0 Å². The summed E-state index contributed by atoms with van der Waals surface area (Å²) in [6, 6.07) is 25.8. The summed E-state index contributed by atoms with van der Waals surface area (Å²) in [7, 11) is 0. The maximum Gasteiger partial charge on any atom is 0.224 e. The van der Waals surface area contributed by atoms with Crippen LogP contribution in [0.2, 0.25) is 0 Å². The number of aliphatic hydroxyl groups is 1. The van der Waals surface area contributed by atoms with Crippen molar-refractivity contribution < 1.29 is 24.2 Å². The number of hydrogen-bond acceptors (Lipinski definition) is 6. The van der Waals surface area contributed by atoms with Gasteiger partial charge in [-0.15, -0.1) is 11.8 Å². The summed E-state index contributed by atoms with van der Waals surface area (Å²) < 4.78 is 12.9. The number of benzene rings is 3. The van der Waals surface area contributed by atoms with Crippen molar-refractivity contribution in [3.05, 3.63) is 95.6 Å². The molecule has 0 spiro atoms. The molecule has 7 nitrogen and oxygen atoms in total. The van der Waals surface area contributed by atoms with Crippen LogP contribution < -0.4 is 10.6 Å². The highest BCUT2D eigenvalue weighted by atomic mass is 32.2. The smallest absolute Gasteiger partial charge is 0.224 e. The molecule has 1 saturated heterocycles. The Labute approximate surface area is 240 Å². The van der Waals surface area contributed by atoms with Crippen LogP contribution in [0.1, 0.15) is 68.1 Å². The normalized spacial score (nSPS) is 18.7. The first-order valence-corrected chi connectivity index (χ1v) is 14.8. The van der Waals surface area contributed by atoms with E-state index in [2.05, 4.69) is 22.8 Å². The van der Waals surface area contributed by atoms with Crippen molar-refractivity contribution >= 4 is 29.3 Å². The predicted octanol–water partition coefficient (Wildman–Crippen LogP) is 6.15. The zero-order valence-electron chi connectivity index (χ0n) is 22.9. The molecule has 0 bridgehead atoms. The molecular weight excluding hydrogens is 524 g/mol. The quantitative estimate of drug-likeness (QED) is 0.171. The average molecular weight is 563 g/mol. The van der Waals surface area contributed by atoms with Crippen LogP contribution in [0.15, 0.2) is 83.8 Å². The van der Waals surface area contributed by atoms with Gasteiger partial charge in [0.05, 0.1) is 18.8 Å². The van der Waals surface area contributed by atoms with E-state index in [1.54, 1.807) is 11.8 Å². The first-order chi connectivity index (χ1) is 19.5. The molecule has 212 valence electrons. The highest BCUT2D eigenvalue weighted by Gasteiger charge is 2.32. The Morgan fingerprint density at radius 3 is 2.48 bits per heavy atom. The second-order valence-corrected chi connectivity index (χ2v) is 11.0. The van der Waals surface area contributed by atoms with Crippen LogP contribution in [0.4, 0.5) is 5.69 Å². The third-order valence-electron chi connectivity index (χ3n) is 6.69. The zero-order chi connectivity index (χ0) is 28.2. The number of aliphatic hydroxyl groups excluding tert-OH is 1. The second kappa shape index (κ2) is 15.6. The van der Waals surface area contributed by atoms with E-state index in [4.69, 9.17) is 9.47 Å². The monoisotopic (exact) mass is 562 g/mol. The van der Waals surface area contributed by atoms with Crippen molar-refractivity contribution in [2.24, 2.45) is 0 Å². The summed E-state index contributed by atoms with van der Waals surface area (Å²) in [5, 5.41) is 15.2. The number of thioether (sulfide) groups is 1. The minimum Gasteiger partial charge on any atom is -0.392 e. The van der Waals surface area contributed by atoms with Gasteiger partial charge in [-0.05, 0) is 48.2 Å². The molecule has 0 aliphatic carbocycles. The molecule has 1 aliphatic rings. The summed E-state index contributed by atoms with van der Waals surface area (Å²) in [6.07, 6.45) is 2.84. The van der Waals surface area contributed by atoms with Crippen molar-refractivity contribution in [1.29, 1.82) is 0 Å². The summed E-state index contributed by atoms with van der Waals surface area (Å²) in [4.78, 5) is 24.7. The van der Waals surface area contributed by atoms with E-state index in [-0.39, 0.29) is 30.6 Å².